The topological polar surface area (TPSA) is 83.9 Å². The predicted molar refractivity (Wildman–Crippen MR) is 39.8 cm³/mol. The van der Waals surface area contributed by atoms with Crippen LogP contribution in [0.1, 0.15) is 6.42 Å². The molecule has 6 heteroatoms. The molecular formula is C7H9NO5. The lowest BCUT2D eigenvalue weighted by molar-refractivity contribution is -0.150. The Balaban J connectivity index is 2.70. The lowest BCUT2D eigenvalue weighted by atomic mass is 10.3. The van der Waals surface area contributed by atoms with Crippen LogP contribution >= 0.6 is 0 Å². The number of imide groups is 1. The van der Waals surface area contributed by atoms with Gasteiger partial charge in [0, 0.05) is 7.11 Å². The Labute approximate surface area is 74.1 Å². The number of ether oxygens (including phenoxy) is 1. The summed E-state index contributed by atoms with van der Waals surface area (Å²) in [6, 6.07) is 0. The number of hydrogen-bond donors (Lipinski definition) is 1. The van der Waals surface area contributed by atoms with Gasteiger partial charge in [-0.05, 0) is 0 Å². The van der Waals surface area contributed by atoms with Crippen molar-refractivity contribution in [3.63, 3.8) is 0 Å². The van der Waals surface area contributed by atoms with Gasteiger partial charge in [-0.15, -0.1) is 0 Å². The molecule has 0 spiro atoms. The fourth-order valence-corrected chi connectivity index (χ4v) is 1.14. The van der Waals surface area contributed by atoms with E-state index in [2.05, 4.69) is 0 Å². The number of rotatable bonds is 3. The molecule has 1 aliphatic heterocycles. The van der Waals surface area contributed by atoms with E-state index in [0.29, 0.717) is 4.90 Å². The van der Waals surface area contributed by atoms with Crippen LogP contribution in [0.25, 0.3) is 0 Å². The van der Waals surface area contributed by atoms with E-state index < -0.39 is 30.4 Å². The average Bonchev–Trinajstić information content (AvgIpc) is 2.31. The minimum atomic E-state index is -1.21. The highest BCUT2D eigenvalue weighted by Gasteiger charge is 2.39. The van der Waals surface area contributed by atoms with E-state index in [0.717, 1.165) is 0 Å². The Morgan fingerprint density at radius 1 is 1.69 bits per heavy atom. The summed E-state index contributed by atoms with van der Waals surface area (Å²) in [7, 11) is 1.31. The van der Waals surface area contributed by atoms with Crippen molar-refractivity contribution in [2.24, 2.45) is 0 Å². The molecule has 6 nitrogen and oxygen atoms in total. The first-order valence-electron chi connectivity index (χ1n) is 3.65. The van der Waals surface area contributed by atoms with Gasteiger partial charge in [-0.1, -0.05) is 0 Å². The van der Waals surface area contributed by atoms with E-state index in [-0.39, 0.29) is 6.42 Å². The second-order valence-electron chi connectivity index (χ2n) is 2.64. The van der Waals surface area contributed by atoms with Crippen molar-refractivity contribution < 1.29 is 24.2 Å². The molecule has 0 radical (unpaired) electrons. The fraction of sp³-hybridized carbons (Fsp3) is 0.571. The zero-order chi connectivity index (χ0) is 10.0. The normalized spacial score (nSPS) is 22.5. The second kappa shape index (κ2) is 3.53. The first-order valence-corrected chi connectivity index (χ1v) is 3.65. The first kappa shape index (κ1) is 9.66. The van der Waals surface area contributed by atoms with Gasteiger partial charge in [0.05, 0.1) is 6.42 Å². The number of likely N-dealkylation sites (tertiary alicyclic amines) is 1. The highest BCUT2D eigenvalue weighted by molar-refractivity contribution is 6.06. The van der Waals surface area contributed by atoms with Crippen molar-refractivity contribution in [1.29, 1.82) is 0 Å². The molecule has 1 aliphatic rings. The summed E-state index contributed by atoms with van der Waals surface area (Å²) in [6.45, 7) is -0.586. The lowest BCUT2D eigenvalue weighted by Crippen LogP contribution is -2.36. The molecule has 1 unspecified atom stereocenters. The van der Waals surface area contributed by atoms with E-state index in [4.69, 9.17) is 9.84 Å². The molecular weight excluding hydrogens is 178 g/mol. The molecule has 1 heterocycles. The summed E-state index contributed by atoms with van der Waals surface area (Å²) in [5, 5.41) is 8.38. The van der Waals surface area contributed by atoms with Gasteiger partial charge in [-0.2, -0.15) is 0 Å². The number of amides is 2. The van der Waals surface area contributed by atoms with Crippen LogP contribution in [0.15, 0.2) is 0 Å². The van der Waals surface area contributed by atoms with Crippen molar-refractivity contribution in [1.82, 2.24) is 4.90 Å². The quantitative estimate of drug-likeness (QED) is 0.563. The van der Waals surface area contributed by atoms with Gasteiger partial charge in [0.1, 0.15) is 12.6 Å². The maximum absolute atomic E-state index is 11.2. The second-order valence-corrected chi connectivity index (χ2v) is 2.64. The molecule has 72 valence electrons. The smallest absolute Gasteiger partial charge is 0.323 e. The molecule has 0 bridgehead atoms. The number of carboxylic acid groups (broad SMARTS) is 1. The maximum atomic E-state index is 11.2. The molecule has 1 fully saturated rings. The third-order valence-electron chi connectivity index (χ3n) is 1.78. The minimum Gasteiger partial charge on any atom is -0.480 e. The van der Waals surface area contributed by atoms with Crippen LogP contribution in [0.3, 0.4) is 0 Å². The van der Waals surface area contributed by atoms with Crippen LogP contribution < -0.4 is 0 Å². The van der Waals surface area contributed by atoms with Gasteiger partial charge < -0.3 is 9.84 Å². The Bertz CT molecular complexity index is 262. The first-order chi connectivity index (χ1) is 6.06. The monoisotopic (exact) mass is 187 g/mol. The van der Waals surface area contributed by atoms with Gasteiger partial charge in [-0.3, -0.25) is 19.3 Å². The number of hydrogen-bond acceptors (Lipinski definition) is 4. The van der Waals surface area contributed by atoms with Gasteiger partial charge in [0.15, 0.2) is 0 Å². The van der Waals surface area contributed by atoms with Gasteiger partial charge in [-0.25, -0.2) is 0 Å². The van der Waals surface area contributed by atoms with E-state index >= 15 is 0 Å². The number of carbonyl (C=O) groups is 3. The maximum Gasteiger partial charge on any atom is 0.323 e. The van der Waals surface area contributed by atoms with Crippen molar-refractivity contribution >= 4 is 17.8 Å². The number of methoxy groups -OCH3 is 1. The predicted octanol–water partition coefficient (Wildman–Crippen LogP) is -1.16. The number of aliphatic carboxylic acids is 1. The summed E-state index contributed by atoms with van der Waals surface area (Å²) in [5.74, 6) is -2.28. The van der Waals surface area contributed by atoms with Crippen molar-refractivity contribution in [2.45, 2.75) is 12.5 Å². The van der Waals surface area contributed by atoms with Crippen LogP contribution in [0.2, 0.25) is 0 Å². The van der Waals surface area contributed by atoms with Crippen LogP contribution in [0.5, 0.6) is 0 Å². The van der Waals surface area contributed by atoms with E-state index in [9.17, 15) is 14.4 Å². The van der Waals surface area contributed by atoms with E-state index in [1.807, 2.05) is 0 Å². The molecule has 13 heavy (non-hydrogen) atoms. The van der Waals surface area contributed by atoms with Crippen molar-refractivity contribution in [3.8, 4) is 0 Å². The summed E-state index contributed by atoms with van der Waals surface area (Å²) in [4.78, 5) is 33.2. The SMILES string of the molecule is COC1CC(=O)N(CC(=O)O)C1=O. The summed E-state index contributed by atoms with van der Waals surface area (Å²) in [5.41, 5.74) is 0. The lowest BCUT2D eigenvalue weighted by Gasteiger charge is -2.10. The van der Waals surface area contributed by atoms with Crippen LogP contribution in [0.4, 0.5) is 0 Å². The Morgan fingerprint density at radius 3 is 2.69 bits per heavy atom. The summed E-state index contributed by atoms with van der Waals surface area (Å²) < 4.78 is 4.70. The molecule has 0 aliphatic carbocycles. The highest BCUT2D eigenvalue weighted by atomic mass is 16.5. The molecule has 1 N–H and O–H groups in total. The Hall–Kier alpha value is -1.43. The summed E-state index contributed by atoms with van der Waals surface area (Å²) in [6.07, 6.45) is -0.880. The number of nitrogens with zero attached hydrogens (tertiary/aromatic N) is 1. The molecule has 0 aromatic rings. The van der Waals surface area contributed by atoms with Crippen molar-refractivity contribution in [3.05, 3.63) is 0 Å². The number of carbonyl (C=O) groups excluding carboxylic acids is 2. The Morgan fingerprint density at radius 2 is 2.31 bits per heavy atom. The largest absolute Gasteiger partial charge is 0.480 e. The molecule has 1 rings (SSSR count). The third-order valence-corrected chi connectivity index (χ3v) is 1.78. The molecule has 0 aromatic heterocycles. The number of carboxylic acids is 1. The van der Waals surface area contributed by atoms with Crippen LogP contribution in [0, 0.1) is 0 Å². The van der Waals surface area contributed by atoms with Crippen LogP contribution in [-0.2, 0) is 19.1 Å². The molecule has 1 atom stereocenters. The molecule has 2 amide bonds. The average molecular weight is 187 g/mol. The Kier molecular flexibility index (Phi) is 2.62. The summed E-state index contributed by atoms with van der Waals surface area (Å²) >= 11 is 0. The standard InChI is InChI=1S/C7H9NO5/c1-13-4-2-5(9)8(7(4)12)3-6(10)11/h4H,2-3H2,1H3,(H,10,11). The molecule has 0 saturated carbocycles. The third kappa shape index (κ3) is 1.83. The van der Waals surface area contributed by atoms with Gasteiger partial charge in [0.25, 0.3) is 5.91 Å². The molecule has 0 aromatic carbocycles. The fourth-order valence-electron chi connectivity index (χ4n) is 1.14. The molecule has 1 saturated heterocycles. The van der Waals surface area contributed by atoms with Crippen LogP contribution in [-0.4, -0.2) is 47.5 Å². The zero-order valence-electron chi connectivity index (χ0n) is 7.02. The highest BCUT2D eigenvalue weighted by Crippen LogP contribution is 2.14. The minimum absolute atomic E-state index is 0.0669. The van der Waals surface area contributed by atoms with Gasteiger partial charge >= 0.3 is 5.97 Å². The van der Waals surface area contributed by atoms with Gasteiger partial charge in [0.2, 0.25) is 5.91 Å². The zero-order valence-corrected chi connectivity index (χ0v) is 7.02. The van der Waals surface area contributed by atoms with Crippen molar-refractivity contribution in [2.75, 3.05) is 13.7 Å². The van der Waals surface area contributed by atoms with E-state index in [1.54, 1.807) is 0 Å². The van der Waals surface area contributed by atoms with E-state index in [1.165, 1.54) is 7.11 Å².